The lowest BCUT2D eigenvalue weighted by Crippen LogP contribution is -2.26. The molecule has 15 heavy (non-hydrogen) atoms. The molecule has 1 saturated heterocycles. The number of aliphatic hydroxyl groups is 1. The molecule has 0 saturated carbocycles. The Bertz CT molecular complexity index is 175. The Morgan fingerprint density at radius 3 is 2.73 bits per heavy atom. The first-order valence-electron chi connectivity index (χ1n) is 6.09. The van der Waals surface area contributed by atoms with Gasteiger partial charge in [-0.2, -0.15) is 0 Å². The molecule has 1 fully saturated rings. The first-order chi connectivity index (χ1) is 7.22. The lowest BCUT2D eigenvalue weighted by Gasteiger charge is -2.27. The minimum Gasteiger partial charge on any atom is -0.396 e. The summed E-state index contributed by atoms with van der Waals surface area (Å²) in [6.45, 7) is 4.45. The zero-order valence-electron chi connectivity index (χ0n) is 10.1. The molecule has 2 atom stereocenters. The van der Waals surface area contributed by atoms with Gasteiger partial charge >= 0.3 is 0 Å². The molecular weight excluding hydrogens is 190 g/mol. The fourth-order valence-electron chi connectivity index (χ4n) is 2.52. The van der Waals surface area contributed by atoms with E-state index in [2.05, 4.69) is 12.2 Å². The third kappa shape index (κ3) is 4.09. The standard InChI is InChI=1S/C12H25NO2/c1-11-9-12(10-15-11,6-7-13-2)5-3-4-8-14/h11,13-14H,3-10H2,1-2H3/t11-,12?/m0/s1. The predicted octanol–water partition coefficient (Wildman–Crippen LogP) is 1.55. The van der Waals surface area contributed by atoms with Crippen molar-refractivity contribution in [3.8, 4) is 0 Å². The summed E-state index contributed by atoms with van der Waals surface area (Å²) in [5, 5.41) is 12.0. The molecule has 0 aromatic heterocycles. The second-order valence-corrected chi connectivity index (χ2v) is 4.86. The van der Waals surface area contributed by atoms with E-state index in [4.69, 9.17) is 9.84 Å². The molecule has 3 nitrogen and oxygen atoms in total. The van der Waals surface area contributed by atoms with Gasteiger partial charge in [0.05, 0.1) is 12.7 Å². The van der Waals surface area contributed by atoms with E-state index in [0.29, 0.717) is 18.1 Å². The molecular formula is C12H25NO2. The molecule has 0 aliphatic carbocycles. The van der Waals surface area contributed by atoms with Crippen LogP contribution >= 0.6 is 0 Å². The van der Waals surface area contributed by atoms with Gasteiger partial charge < -0.3 is 15.2 Å². The number of ether oxygens (including phenoxy) is 1. The van der Waals surface area contributed by atoms with Gasteiger partial charge in [0.1, 0.15) is 0 Å². The fourth-order valence-corrected chi connectivity index (χ4v) is 2.52. The fraction of sp³-hybridized carbons (Fsp3) is 1.00. The van der Waals surface area contributed by atoms with Crippen LogP contribution in [-0.2, 0) is 4.74 Å². The number of unbranched alkanes of at least 4 members (excludes halogenated alkanes) is 1. The van der Waals surface area contributed by atoms with E-state index in [9.17, 15) is 0 Å². The van der Waals surface area contributed by atoms with Crippen LogP contribution in [0, 0.1) is 5.41 Å². The molecule has 3 heteroatoms. The van der Waals surface area contributed by atoms with Crippen LogP contribution in [0.5, 0.6) is 0 Å². The summed E-state index contributed by atoms with van der Waals surface area (Å²) in [4.78, 5) is 0. The van der Waals surface area contributed by atoms with Gasteiger partial charge in [-0.05, 0) is 51.6 Å². The Morgan fingerprint density at radius 2 is 2.20 bits per heavy atom. The molecule has 1 rings (SSSR count). The molecule has 1 heterocycles. The van der Waals surface area contributed by atoms with Gasteiger partial charge in [-0.1, -0.05) is 6.42 Å². The van der Waals surface area contributed by atoms with Crippen molar-refractivity contribution in [3.63, 3.8) is 0 Å². The maximum absolute atomic E-state index is 8.81. The highest BCUT2D eigenvalue weighted by Gasteiger charge is 2.37. The van der Waals surface area contributed by atoms with Crippen LogP contribution in [0.25, 0.3) is 0 Å². The normalized spacial score (nSPS) is 31.0. The topological polar surface area (TPSA) is 41.5 Å². The van der Waals surface area contributed by atoms with Gasteiger partial charge in [-0.15, -0.1) is 0 Å². The Morgan fingerprint density at radius 1 is 1.40 bits per heavy atom. The third-order valence-corrected chi connectivity index (χ3v) is 3.42. The summed E-state index contributed by atoms with van der Waals surface area (Å²) in [5.41, 5.74) is 0.373. The first kappa shape index (κ1) is 12.9. The van der Waals surface area contributed by atoms with Gasteiger partial charge in [0, 0.05) is 6.61 Å². The largest absolute Gasteiger partial charge is 0.396 e. The molecule has 0 spiro atoms. The minimum absolute atomic E-state index is 0.318. The molecule has 1 aliphatic heterocycles. The van der Waals surface area contributed by atoms with E-state index in [1.54, 1.807) is 0 Å². The second kappa shape index (κ2) is 6.46. The van der Waals surface area contributed by atoms with Crippen LogP contribution in [0.3, 0.4) is 0 Å². The molecule has 0 aromatic rings. The van der Waals surface area contributed by atoms with Crippen molar-refractivity contribution < 1.29 is 9.84 Å². The smallest absolute Gasteiger partial charge is 0.0553 e. The van der Waals surface area contributed by atoms with Gasteiger partial charge in [-0.25, -0.2) is 0 Å². The SMILES string of the molecule is CNCCC1(CCCCO)CO[C@@H](C)C1. The predicted molar refractivity (Wildman–Crippen MR) is 61.9 cm³/mol. The Balaban J connectivity index is 2.38. The van der Waals surface area contributed by atoms with E-state index in [-0.39, 0.29) is 0 Å². The van der Waals surface area contributed by atoms with Crippen molar-refractivity contribution in [1.29, 1.82) is 0 Å². The lowest BCUT2D eigenvalue weighted by molar-refractivity contribution is 0.0987. The lowest BCUT2D eigenvalue weighted by atomic mass is 9.78. The third-order valence-electron chi connectivity index (χ3n) is 3.42. The van der Waals surface area contributed by atoms with Crippen molar-refractivity contribution in [2.75, 3.05) is 26.8 Å². The van der Waals surface area contributed by atoms with E-state index in [1.807, 2.05) is 7.05 Å². The first-order valence-corrected chi connectivity index (χ1v) is 6.09. The molecule has 1 unspecified atom stereocenters. The van der Waals surface area contributed by atoms with Crippen molar-refractivity contribution in [2.24, 2.45) is 5.41 Å². The molecule has 0 aromatic carbocycles. The van der Waals surface area contributed by atoms with Crippen LogP contribution in [0.4, 0.5) is 0 Å². The average Bonchev–Trinajstić information content (AvgIpc) is 2.59. The van der Waals surface area contributed by atoms with E-state index >= 15 is 0 Å². The molecule has 0 radical (unpaired) electrons. The summed E-state index contributed by atoms with van der Waals surface area (Å²) in [6.07, 6.45) is 6.03. The molecule has 90 valence electrons. The Kier molecular flexibility index (Phi) is 5.58. The quantitative estimate of drug-likeness (QED) is 0.633. The summed E-state index contributed by atoms with van der Waals surface area (Å²) in [7, 11) is 2.00. The van der Waals surface area contributed by atoms with Crippen LogP contribution in [0.2, 0.25) is 0 Å². The average molecular weight is 215 g/mol. The summed E-state index contributed by atoms with van der Waals surface area (Å²) in [6, 6.07) is 0. The van der Waals surface area contributed by atoms with Crippen molar-refractivity contribution >= 4 is 0 Å². The molecule has 0 amide bonds. The van der Waals surface area contributed by atoms with Gasteiger partial charge in [0.25, 0.3) is 0 Å². The second-order valence-electron chi connectivity index (χ2n) is 4.86. The van der Waals surface area contributed by atoms with Gasteiger partial charge in [0.15, 0.2) is 0 Å². The highest BCUT2D eigenvalue weighted by molar-refractivity contribution is 4.87. The van der Waals surface area contributed by atoms with Crippen LogP contribution in [-0.4, -0.2) is 38.0 Å². The number of hydrogen-bond acceptors (Lipinski definition) is 3. The van der Waals surface area contributed by atoms with E-state index in [1.165, 1.54) is 19.3 Å². The van der Waals surface area contributed by atoms with Crippen LogP contribution in [0.1, 0.15) is 39.0 Å². The summed E-state index contributed by atoms with van der Waals surface area (Å²) >= 11 is 0. The number of nitrogens with one attached hydrogen (secondary N) is 1. The molecule has 0 bridgehead atoms. The summed E-state index contributed by atoms with van der Waals surface area (Å²) < 4.78 is 5.71. The Labute approximate surface area is 93.2 Å². The van der Waals surface area contributed by atoms with Crippen molar-refractivity contribution in [3.05, 3.63) is 0 Å². The summed E-state index contributed by atoms with van der Waals surface area (Å²) in [5.74, 6) is 0. The zero-order chi connectivity index (χ0) is 11.1. The van der Waals surface area contributed by atoms with Gasteiger partial charge in [0.2, 0.25) is 0 Å². The number of rotatable bonds is 7. The van der Waals surface area contributed by atoms with Crippen molar-refractivity contribution in [2.45, 2.75) is 45.1 Å². The zero-order valence-corrected chi connectivity index (χ0v) is 10.1. The number of aliphatic hydroxyl groups excluding tert-OH is 1. The van der Waals surface area contributed by atoms with Gasteiger partial charge in [-0.3, -0.25) is 0 Å². The maximum Gasteiger partial charge on any atom is 0.0553 e. The highest BCUT2D eigenvalue weighted by Crippen LogP contribution is 2.40. The monoisotopic (exact) mass is 215 g/mol. The van der Waals surface area contributed by atoms with E-state index < -0.39 is 0 Å². The van der Waals surface area contributed by atoms with E-state index in [0.717, 1.165) is 26.0 Å². The Hall–Kier alpha value is -0.120. The molecule has 2 N–H and O–H groups in total. The maximum atomic E-state index is 8.81. The van der Waals surface area contributed by atoms with Crippen LogP contribution in [0.15, 0.2) is 0 Å². The highest BCUT2D eigenvalue weighted by atomic mass is 16.5. The van der Waals surface area contributed by atoms with Crippen molar-refractivity contribution in [1.82, 2.24) is 5.32 Å². The van der Waals surface area contributed by atoms with Crippen LogP contribution < -0.4 is 5.32 Å². The minimum atomic E-state index is 0.318. The molecule has 1 aliphatic rings. The number of hydrogen-bond donors (Lipinski definition) is 2.